The Balaban J connectivity index is 1.61. The van der Waals surface area contributed by atoms with Gasteiger partial charge in [-0.25, -0.2) is 0 Å². The average molecular weight is 329 g/mol. The first-order chi connectivity index (χ1) is 11.6. The van der Waals surface area contributed by atoms with Crippen molar-refractivity contribution in [2.75, 3.05) is 32.9 Å². The Kier molecular flexibility index (Phi) is 5.40. The van der Waals surface area contributed by atoms with Gasteiger partial charge in [-0.05, 0) is 19.1 Å². The second kappa shape index (κ2) is 7.70. The van der Waals surface area contributed by atoms with E-state index in [0.29, 0.717) is 19.7 Å². The first-order valence-electron chi connectivity index (χ1n) is 8.10. The molecule has 2 heterocycles. The van der Waals surface area contributed by atoms with Gasteiger partial charge < -0.3 is 14.6 Å². The number of hydrogen-bond donors (Lipinski definition) is 1. The van der Waals surface area contributed by atoms with Crippen LogP contribution in [-0.2, 0) is 11.3 Å². The Morgan fingerprint density at radius 1 is 1.29 bits per heavy atom. The number of aliphatic hydroxyl groups is 1. The van der Waals surface area contributed by atoms with Crippen LogP contribution in [0.5, 0.6) is 5.75 Å². The normalized spacial score (nSPS) is 22.1. The Morgan fingerprint density at radius 2 is 2.12 bits per heavy atom. The molecule has 1 aliphatic heterocycles. The molecule has 128 valence electrons. The molecule has 0 radical (unpaired) electrons. The highest BCUT2D eigenvalue weighted by molar-refractivity contribution is 5.26. The lowest BCUT2D eigenvalue weighted by Gasteiger charge is -2.30. The van der Waals surface area contributed by atoms with Crippen LogP contribution in [0, 0.1) is 6.92 Å². The topological polar surface area (TPSA) is 67.7 Å². The maximum absolute atomic E-state index is 10.9. The lowest BCUT2D eigenvalue weighted by Crippen LogP contribution is -2.48. The van der Waals surface area contributed by atoms with Crippen molar-refractivity contribution in [2.45, 2.75) is 19.1 Å². The van der Waals surface area contributed by atoms with Crippen LogP contribution in [0.2, 0.25) is 0 Å². The van der Waals surface area contributed by atoms with E-state index in [1.165, 1.54) is 5.56 Å². The number of hydrogen-bond acceptors (Lipinski definition) is 6. The number of rotatable bonds is 5. The summed E-state index contributed by atoms with van der Waals surface area (Å²) < 4.78 is 11.4. The van der Waals surface area contributed by atoms with E-state index in [0.717, 1.165) is 18.0 Å². The lowest BCUT2D eigenvalue weighted by molar-refractivity contribution is -0.0647. The van der Waals surface area contributed by atoms with Crippen LogP contribution in [0.15, 0.2) is 42.9 Å². The molecule has 0 bridgehead atoms. The number of nitrogens with zero attached hydrogens (tertiary/aromatic N) is 3. The Hall–Kier alpha value is -2.02. The molecular weight excluding hydrogens is 306 g/mol. The molecule has 0 saturated carbocycles. The smallest absolute Gasteiger partial charge is 0.134 e. The first-order valence-corrected chi connectivity index (χ1v) is 8.10. The van der Waals surface area contributed by atoms with E-state index < -0.39 is 5.60 Å². The molecule has 6 heteroatoms. The van der Waals surface area contributed by atoms with Gasteiger partial charge in [-0.3, -0.25) is 14.9 Å². The van der Waals surface area contributed by atoms with Crippen molar-refractivity contribution in [3.63, 3.8) is 0 Å². The van der Waals surface area contributed by atoms with Crippen LogP contribution in [-0.4, -0.2) is 58.5 Å². The van der Waals surface area contributed by atoms with Gasteiger partial charge in [0, 0.05) is 38.2 Å². The molecule has 1 N–H and O–H groups in total. The minimum Gasteiger partial charge on any atom is -0.490 e. The number of aryl methyl sites for hydroxylation is 1. The summed E-state index contributed by atoms with van der Waals surface area (Å²) in [6.45, 7) is 4.89. The van der Waals surface area contributed by atoms with Crippen LogP contribution in [0.3, 0.4) is 0 Å². The fourth-order valence-electron chi connectivity index (χ4n) is 2.71. The van der Waals surface area contributed by atoms with Crippen molar-refractivity contribution >= 4 is 0 Å². The zero-order chi connectivity index (χ0) is 16.8. The van der Waals surface area contributed by atoms with Gasteiger partial charge >= 0.3 is 0 Å². The number of β-amino-alcohol motifs (C(OH)–C–C–N with tert-alkyl or cyclic N) is 1. The summed E-state index contributed by atoms with van der Waals surface area (Å²) >= 11 is 0. The van der Waals surface area contributed by atoms with E-state index in [2.05, 4.69) is 14.9 Å². The van der Waals surface area contributed by atoms with Crippen molar-refractivity contribution in [3.05, 3.63) is 54.1 Å². The summed E-state index contributed by atoms with van der Waals surface area (Å²) in [6, 6.07) is 7.80. The van der Waals surface area contributed by atoms with Crippen LogP contribution < -0.4 is 4.74 Å². The second-order valence-electron chi connectivity index (χ2n) is 6.29. The van der Waals surface area contributed by atoms with E-state index in [9.17, 15) is 5.11 Å². The summed E-state index contributed by atoms with van der Waals surface area (Å²) in [5.41, 5.74) is 0.999. The van der Waals surface area contributed by atoms with Crippen LogP contribution in [0.4, 0.5) is 0 Å². The van der Waals surface area contributed by atoms with Gasteiger partial charge in [0.05, 0.1) is 18.9 Å². The molecule has 1 saturated heterocycles. The summed E-state index contributed by atoms with van der Waals surface area (Å²) in [4.78, 5) is 10.5. The fraction of sp³-hybridized carbons (Fsp3) is 0.444. The molecule has 1 atom stereocenters. The first kappa shape index (κ1) is 16.8. The third-order valence-corrected chi connectivity index (χ3v) is 3.97. The predicted molar refractivity (Wildman–Crippen MR) is 89.8 cm³/mol. The standard InChI is InChI=1S/C18H23N3O3/c1-15-2-4-17(5-3-15)24-14-18(22)12-21(8-9-23-13-18)11-16-10-19-6-7-20-16/h2-7,10,22H,8-9,11-14H2,1H3/t18-/m1/s1. The summed E-state index contributed by atoms with van der Waals surface area (Å²) in [5.74, 6) is 0.749. The molecule has 1 fully saturated rings. The molecule has 6 nitrogen and oxygen atoms in total. The van der Waals surface area contributed by atoms with E-state index >= 15 is 0 Å². The van der Waals surface area contributed by atoms with Crippen molar-refractivity contribution in [2.24, 2.45) is 0 Å². The van der Waals surface area contributed by atoms with Gasteiger partial charge in [0.2, 0.25) is 0 Å². The quantitative estimate of drug-likeness (QED) is 0.895. The number of benzene rings is 1. The van der Waals surface area contributed by atoms with Crippen molar-refractivity contribution in [3.8, 4) is 5.75 Å². The van der Waals surface area contributed by atoms with Gasteiger partial charge in [0.1, 0.15) is 18.0 Å². The molecular formula is C18H23N3O3. The van der Waals surface area contributed by atoms with Crippen LogP contribution in [0.25, 0.3) is 0 Å². The molecule has 24 heavy (non-hydrogen) atoms. The molecule has 0 amide bonds. The Morgan fingerprint density at radius 3 is 2.88 bits per heavy atom. The molecule has 0 aliphatic carbocycles. The SMILES string of the molecule is Cc1ccc(OC[C@]2(O)COCCN(Cc3cnccn3)C2)cc1. The maximum atomic E-state index is 10.9. The number of aromatic nitrogens is 2. The van der Waals surface area contributed by atoms with Crippen LogP contribution >= 0.6 is 0 Å². The largest absolute Gasteiger partial charge is 0.490 e. The number of ether oxygens (including phenoxy) is 2. The van der Waals surface area contributed by atoms with Gasteiger partial charge in [0.15, 0.2) is 0 Å². The summed E-state index contributed by atoms with van der Waals surface area (Å²) in [7, 11) is 0. The predicted octanol–water partition coefficient (Wildman–Crippen LogP) is 1.43. The van der Waals surface area contributed by atoms with E-state index in [1.807, 2.05) is 31.2 Å². The van der Waals surface area contributed by atoms with Gasteiger partial charge in [0.25, 0.3) is 0 Å². The van der Waals surface area contributed by atoms with Crippen LogP contribution in [0.1, 0.15) is 11.3 Å². The zero-order valence-electron chi connectivity index (χ0n) is 13.9. The van der Waals surface area contributed by atoms with E-state index in [1.54, 1.807) is 18.6 Å². The van der Waals surface area contributed by atoms with E-state index in [4.69, 9.17) is 9.47 Å². The monoisotopic (exact) mass is 329 g/mol. The highest BCUT2D eigenvalue weighted by Crippen LogP contribution is 2.18. The third-order valence-electron chi connectivity index (χ3n) is 3.97. The average Bonchev–Trinajstić information content (AvgIpc) is 2.77. The van der Waals surface area contributed by atoms with Gasteiger partial charge in [-0.2, -0.15) is 0 Å². The molecule has 2 aromatic rings. The Bertz CT molecular complexity index is 636. The molecule has 3 rings (SSSR count). The van der Waals surface area contributed by atoms with Crippen molar-refractivity contribution < 1.29 is 14.6 Å². The zero-order valence-corrected chi connectivity index (χ0v) is 13.9. The maximum Gasteiger partial charge on any atom is 0.134 e. The van der Waals surface area contributed by atoms with Gasteiger partial charge in [-0.15, -0.1) is 0 Å². The fourth-order valence-corrected chi connectivity index (χ4v) is 2.71. The summed E-state index contributed by atoms with van der Waals surface area (Å²) in [5, 5.41) is 10.9. The second-order valence-corrected chi connectivity index (χ2v) is 6.29. The Labute approximate surface area is 142 Å². The highest BCUT2D eigenvalue weighted by atomic mass is 16.5. The molecule has 1 aromatic carbocycles. The molecule has 1 aliphatic rings. The molecule has 0 spiro atoms. The van der Waals surface area contributed by atoms with Crippen molar-refractivity contribution in [1.29, 1.82) is 0 Å². The molecule has 1 aromatic heterocycles. The molecule has 0 unspecified atom stereocenters. The summed E-state index contributed by atoms with van der Waals surface area (Å²) in [6.07, 6.45) is 5.07. The van der Waals surface area contributed by atoms with E-state index in [-0.39, 0.29) is 13.2 Å². The lowest BCUT2D eigenvalue weighted by atomic mass is 10.1. The van der Waals surface area contributed by atoms with Gasteiger partial charge in [-0.1, -0.05) is 17.7 Å². The third kappa shape index (κ3) is 4.74. The van der Waals surface area contributed by atoms with Crippen molar-refractivity contribution in [1.82, 2.24) is 14.9 Å². The highest BCUT2D eigenvalue weighted by Gasteiger charge is 2.33. The minimum atomic E-state index is -1.05. The minimum absolute atomic E-state index is 0.188.